The number of rotatable bonds is 5. The topological polar surface area (TPSA) is 97.2 Å². The molecule has 2 N–H and O–H groups in total. The zero-order valence-corrected chi connectivity index (χ0v) is 10.2. The van der Waals surface area contributed by atoms with E-state index in [1.165, 1.54) is 12.4 Å². The fourth-order valence-corrected chi connectivity index (χ4v) is 1.42. The summed E-state index contributed by atoms with van der Waals surface area (Å²) in [6.07, 6.45) is 4.29. The number of carboxylic acid groups (broad SMARTS) is 1. The van der Waals surface area contributed by atoms with Crippen molar-refractivity contribution in [3.8, 4) is 5.88 Å². The summed E-state index contributed by atoms with van der Waals surface area (Å²) in [5, 5.41) is 11.8. The van der Waals surface area contributed by atoms with Crippen molar-refractivity contribution in [1.29, 1.82) is 0 Å². The van der Waals surface area contributed by atoms with Gasteiger partial charge in [-0.25, -0.2) is 14.8 Å². The monoisotopic (exact) mass is 260 g/mol. The molecule has 0 aliphatic carbocycles. The first kappa shape index (κ1) is 12.7. The molecule has 0 spiro atoms. The van der Waals surface area contributed by atoms with E-state index in [4.69, 9.17) is 9.84 Å². The number of aromatic nitrogens is 3. The highest BCUT2D eigenvalue weighted by molar-refractivity contribution is 5.85. The van der Waals surface area contributed by atoms with Crippen molar-refractivity contribution in [2.75, 3.05) is 12.4 Å². The van der Waals surface area contributed by atoms with Gasteiger partial charge in [0, 0.05) is 18.8 Å². The van der Waals surface area contributed by atoms with Crippen LogP contribution in [0, 0.1) is 0 Å². The number of anilines is 1. The Balaban J connectivity index is 2.05. The van der Waals surface area contributed by atoms with Crippen LogP contribution in [0.5, 0.6) is 5.88 Å². The molecule has 19 heavy (non-hydrogen) atoms. The van der Waals surface area contributed by atoms with Crippen molar-refractivity contribution in [2.45, 2.75) is 6.54 Å². The lowest BCUT2D eigenvalue weighted by molar-refractivity contribution is 0.0690. The maximum atomic E-state index is 10.8. The van der Waals surface area contributed by atoms with Crippen LogP contribution in [0.25, 0.3) is 0 Å². The number of methoxy groups -OCH3 is 1. The molecule has 2 heterocycles. The molecule has 0 aromatic carbocycles. The van der Waals surface area contributed by atoms with Crippen LogP contribution in [-0.2, 0) is 6.54 Å². The minimum absolute atomic E-state index is 0.0997. The van der Waals surface area contributed by atoms with Crippen LogP contribution >= 0.6 is 0 Å². The van der Waals surface area contributed by atoms with Gasteiger partial charge in [-0.2, -0.15) is 0 Å². The minimum Gasteiger partial charge on any atom is -0.481 e. The van der Waals surface area contributed by atoms with Gasteiger partial charge in [0.25, 0.3) is 0 Å². The van der Waals surface area contributed by atoms with E-state index in [2.05, 4.69) is 20.3 Å². The molecule has 7 nitrogen and oxygen atoms in total. The van der Waals surface area contributed by atoms with Crippen molar-refractivity contribution in [2.24, 2.45) is 0 Å². The smallest absolute Gasteiger partial charge is 0.356 e. The molecule has 0 saturated heterocycles. The molecular formula is C12H12N4O3. The Morgan fingerprint density at radius 2 is 2.32 bits per heavy atom. The Morgan fingerprint density at radius 3 is 3.05 bits per heavy atom. The zero-order chi connectivity index (χ0) is 13.7. The summed E-state index contributed by atoms with van der Waals surface area (Å²) < 4.78 is 5.01. The van der Waals surface area contributed by atoms with Crippen LogP contribution in [0.4, 0.5) is 5.82 Å². The summed E-state index contributed by atoms with van der Waals surface area (Å²) in [5.41, 5.74) is 0.840. The van der Waals surface area contributed by atoms with E-state index in [1.54, 1.807) is 19.4 Å². The SMILES string of the molecule is COc1cc(CNc2cncc(C(=O)O)n2)ccn1. The minimum atomic E-state index is -1.11. The fourth-order valence-electron chi connectivity index (χ4n) is 1.42. The Hall–Kier alpha value is -2.70. The van der Waals surface area contributed by atoms with Crippen LogP contribution in [0.2, 0.25) is 0 Å². The molecule has 0 bridgehead atoms. The summed E-state index contributed by atoms with van der Waals surface area (Å²) in [5.74, 6) is -0.193. The highest BCUT2D eigenvalue weighted by Crippen LogP contribution is 2.10. The Morgan fingerprint density at radius 1 is 1.47 bits per heavy atom. The number of aromatic carboxylic acids is 1. The van der Waals surface area contributed by atoms with Crippen LogP contribution in [0.1, 0.15) is 16.1 Å². The third-order valence-electron chi connectivity index (χ3n) is 2.34. The predicted octanol–water partition coefficient (Wildman–Crippen LogP) is 1.19. The maximum absolute atomic E-state index is 10.8. The molecule has 0 saturated carbocycles. The summed E-state index contributed by atoms with van der Waals surface area (Å²) in [6.45, 7) is 0.469. The Kier molecular flexibility index (Phi) is 3.87. The van der Waals surface area contributed by atoms with Crippen LogP contribution in [0.3, 0.4) is 0 Å². The first-order valence-electron chi connectivity index (χ1n) is 5.47. The van der Waals surface area contributed by atoms with E-state index in [9.17, 15) is 4.79 Å². The zero-order valence-electron chi connectivity index (χ0n) is 10.2. The van der Waals surface area contributed by atoms with Gasteiger partial charge in [0.15, 0.2) is 5.69 Å². The lowest BCUT2D eigenvalue weighted by atomic mass is 10.2. The molecule has 0 fully saturated rings. The van der Waals surface area contributed by atoms with E-state index in [0.29, 0.717) is 18.2 Å². The van der Waals surface area contributed by atoms with E-state index < -0.39 is 5.97 Å². The van der Waals surface area contributed by atoms with Crippen molar-refractivity contribution >= 4 is 11.8 Å². The second-order valence-corrected chi connectivity index (χ2v) is 3.65. The van der Waals surface area contributed by atoms with Crippen molar-refractivity contribution in [1.82, 2.24) is 15.0 Å². The van der Waals surface area contributed by atoms with Crippen LogP contribution in [0.15, 0.2) is 30.7 Å². The van der Waals surface area contributed by atoms with E-state index in [-0.39, 0.29) is 5.69 Å². The summed E-state index contributed by atoms with van der Waals surface area (Å²) >= 11 is 0. The van der Waals surface area contributed by atoms with E-state index in [0.717, 1.165) is 5.56 Å². The summed E-state index contributed by atoms with van der Waals surface area (Å²) in [7, 11) is 1.54. The van der Waals surface area contributed by atoms with Gasteiger partial charge in [-0.15, -0.1) is 0 Å². The van der Waals surface area contributed by atoms with Gasteiger partial charge < -0.3 is 15.2 Å². The van der Waals surface area contributed by atoms with E-state index >= 15 is 0 Å². The molecule has 2 rings (SSSR count). The van der Waals surface area contributed by atoms with Crippen molar-refractivity contribution in [3.05, 3.63) is 42.0 Å². The first-order chi connectivity index (χ1) is 9.19. The fraction of sp³-hybridized carbons (Fsp3) is 0.167. The number of carboxylic acids is 1. The van der Waals surface area contributed by atoms with Gasteiger partial charge >= 0.3 is 5.97 Å². The molecular weight excluding hydrogens is 248 g/mol. The van der Waals surface area contributed by atoms with Crippen molar-refractivity contribution in [3.63, 3.8) is 0 Å². The number of pyridine rings is 1. The third kappa shape index (κ3) is 3.38. The third-order valence-corrected chi connectivity index (χ3v) is 2.34. The second kappa shape index (κ2) is 5.76. The van der Waals surface area contributed by atoms with Gasteiger partial charge in [-0.05, 0) is 11.6 Å². The number of hydrogen-bond acceptors (Lipinski definition) is 6. The average molecular weight is 260 g/mol. The van der Waals surface area contributed by atoms with Gasteiger partial charge in [0.1, 0.15) is 5.82 Å². The summed E-state index contributed by atoms with van der Waals surface area (Å²) in [4.78, 5) is 22.5. The first-order valence-corrected chi connectivity index (χ1v) is 5.47. The Bertz CT molecular complexity index is 589. The highest BCUT2D eigenvalue weighted by Gasteiger charge is 2.06. The van der Waals surface area contributed by atoms with Crippen LogP contribution < -0.4 is 10.1 Å². The van der Waals surface area contributed by atoms with E-state index in [1.807, 2.05) is 6.07 Å². The number of carbonyl (C=O) groups is 1. The maximum Gasteiger partial charge on any atom is 0.356 e. The molecule has 0 atom stereocenters. The molecule has 7 heteroatoms. The molecule has 0 radical (unpaired) electrons. The molecule has 2 aromatic heterocycles. The normalized spacial score (nSPS) is 9.95. The second-order valence-electron chi connectivity index (χ2n) is 3.65. The summed E-state index contributed by atoms with van der Waals surface area (Å²) in [6, 6.07) is 3.60. The average Bonchev–Trinajstić information content (AvgIpc) is 2.45. The van der Waals surface area contributed by atoms with Crippen LogP contribution in [-0.4, -0.2) is 33.1 Å². The molecule has 0 unspecified atom stereocenters. The van der Waals surface area contributed by atoms with Gasteiger partial charge in [0.05, 0.1) is 19.5 Å². The van der Waals surface area contributed by atoms with Gasteiger partial charge in [-0.3, -0.25) is 4.98 Å². The molecule has 98 valence electrons. The lowest BCUT2D eigenvalue weighted by Gasteiger charge is -2.06. The number of nitrogens with one attached hydrogen (secondary N) is 1. The van der Waals surface area contributed by atoms with Gasteiger partial charge in [-0.1, -0.05) is 0 Å². The van der Waals surface area contributed by atoms with Crippen molar-refractivity contribution < 1.29 is 14.6 Å². The number of ether oxygens (including phenoxy) is 1. The lowest BCUT2D eigenvalue weighted by Crippen LogP contribution is -2.07. The number of nitrogens with zero attached hydrogens (tertiary/aromatic N) is 3. The molecule has 0 amide bonds. The predicted molar refractivity (Wildman–Crippen MR) is 67.1 cm³/mol. The molecule has 2 aromatic rings. The standard InChI is InChI=1S/C12H12N4O3/c1-19-11-4-8(2-3-14-11)5-15-10-7-13-6-9(16-10)12(17)18/h2-4,6-7H,5H2,1H3,(H,15,16)(H,17,18). The van der Waals surface area contributed by atoms with Gasteiger partial charge in [0.2, 0.25) is 5.88 Å². The molecule has 0 aliphatic rings. The Labute approximate surface area is 109 Å². The number of hydrogen-bond donors (Lipinski definition) is 2. The largest absolute Gasteiger partial charge is 0.481 e. The quantitative estimate of drug-likeness (QED) is 0.833. The highest BCUT2D eigenvalue weighted by atomic mass is 16.5. The molecule has 0 aliphatic heterocycles.